The largest absolute Gasteiger partial charge is 0.382 e. The zero-order valence-electron chi connectivity index (χ0n) is 11.5. The molecule has 7 heteroatoms. The average molecular weight is 284 g/mol. The molecule has 3 aromatic rings. The number of aliphatic hydroxyl groups is 1. The molecule has 1 unspecified atom stereocenters. The lowest BCUT2D eigenvalue weighted by Crippen LogP contribution is -2.31. The van der Waals surface area contributed by atoms with Crippen molar-refractivity contribution in [1.82, 2.24) is 30.5 Å². The van der Waals surface area contributed by atoms with E-state index in [1.165, 1.54) is 5.56 Å². The smallest absolute Gasteiger partial charge is 0.124 e. The van der Waals surface area contributed by atoms with Crippen molar-refractivity contribution in [3.8, 4) is 0 Å². The van der Waals surface area contributed by atoms with Gasteiger partial charge in [-0.25, -0.2) is 0 Å². The van der Waals surface area contributed by atoms with E-state index in [1.54, 1.807) is 6.20 Å². The summed E-state index contributed by atoms with van der Waals surface area (Å²) in [4.78, 5) is 2.23. The fourth-order valence-electron chi connectivity index (χ4n) is 2.98. The zero-order valence-corrected chi connectivity index (χ0v) is 11.5. The van der Waals surface area contributed by atoms with Gasteiger partial charge in [0.2, 0.25) is 0 Å². The van der Waals surface area contributed by atoms with Gasteiger partial charge in [-0.05, 0) is 18.1 Å². The molecule has 7 nitrogen and oxygen atoms in total. The van der Waals surface area contributed by atoms with Crippen LogP contribution in [0.25, 0.3) is 10.9 Å². The number of nitrogens with zero attached hydrogens (tertiary/aromatic N) is 4. The van der Waals surface area contributed by atoms with Crippen LogP contribution in [0.1, 0.15) is 17.7 Å². The lowest BCUT2D eigenvalue weighted by Gasteiger charge is -2.21. The molecule has 1 aliphatic heterocycles. The van der Waals surface area contributed by atoms with E-state index in [2.05, 4.69) is 48.7 Å². The molecule has 2 aromatic heterocycles. The van der Waals surface area contributed by atoms with Crippen LogP contribution < -0.4 is 0 Å². The van der Waals surface area contributed by atoms with Gasteiger partial charge in [0.25, 0.3) is 0 Å². The van der Waals surface area contributed by atoms with Gasteiger partial charge in [0.1, 0.15) is 11.3 Å². The highest BCUT2D eigenvalue weighted by Gasteiger charge is 2.39. The highest BCUT2D eigenvalue weighted by Crippen LogP contribution is 2.31. The number of rotatable bonds is 3. The van der Waals surface area contributed by atoms with E-state index in [9.17, 15) is 5.11 Å². The molecule has 0 bridgehead atoms. The Labute approximate surface area is 121 Å². The van der Waals surface area contributed by atoms with Crippen LogP contribution >= 0.6 is 0 Å². The van der Waals surface area contributed by atoms with E-state index in [0.29, 0.717) is 18.7 Å². The Hall–Kier alpha value is -2.25. The van der Waals surface area contributed by atoms with Crippen LogP contribution in [0, 0.1) is 0 Å². The van der Waals surface area contributed by atoms with Crippen LogP contribution in [0.2, 0.25) is 0 Å². The van der Waals surface area contributed by atoms with Gasteiger partial charge < -0.3 is 5.11 Å². The van der Waals surface area contributed by atoms with Gasteiger partial charge >= 0.3 is 0 Å². The Morgan fingerprint density at radius 2 is 2.24 bits per heavy atom. The minimum absolute atomic E-state index is 0.570. The van der Waals surface area contributed by atoms with E-state index in [4.69, 9.17) is 0 Å². The first-order valence-electron chi connectivity index (χ1n) is 6.96. The lowest BCUT2D eigenvalue weighted by molar-refractivity contribution is 0.0409. The number of aromatic nitrogens is 5. The number of benzene rings is 1. The minimum Gasteiger partial charge on any atom is -0.382 e. The average Bonchev–Trinajstić information content (AvgIpc) is 3.18. The Balaban J connectivity index is 1.51. The molecular formula is C14H16N6O. The van der Waals surface area contributed by atoms with Crippen molar-refractivity contribution in [1.29, 1.82) is 0 Å². The molecule has 3 heterocycles. The first kappa shape index (κ1) is 12.5. The molecule has 1 aromatic carbocycles. The van der Waals surface area contributed by atoms with Crippen molar-refractivity contribution < 1.29 is 5.11 Å². The Kier molecular flexibility index (Phi) is 2.76. The third kappa shape index (κ3) is 2.20. The maximum Gasteiger partial charge on any atom is 0.124 e. The van der Waals surface area contributed by atoms with E-state index in [1.807, 2.05) is 6.20 Å². The number of hydrogen-bond donors (Lipinski definition) is 3. The standard InChI is InChI=1S/C14H16N6O/c21-14(13-7-16-19-18-13)3-4-20(9-14)8-10-1-2-11-6-15-17-12(11)5-10/h1-2,5-7,21H,3-4,8-9H2,(H,15,17)(H,16,18,19). The predicted octanol–water partition coefficient (Wildman–Crippen LogP) is 0.774. The molecule has 1 fully saturated rings. The summed E-state index contributed by atoms with van der Waals surface area (Å²) in [7, 11) is 0. The Morgan fingerprint density at radius 1 is 1.29 bits per heavy atom. The van der Waals surface area contributed by atoms with Crippen LogP contribution in [0.3, 0.4) is 0 Å². The Morgan fingerprint density at radius 3 is 3.10 bits per heavy atom. The van der Waals surface area contributed by atoms with Crippen molar-refractivity contribution in [2.75, 3.05) is 13.1 Å². The van der Waals surface area contributed by atoms with Gasteiger partial charge in [-0.2, -0.15) is 20.5 Å². The summed E-state index contributed by atoms with van der Waals surface area (Å²) in [5, 5.41) is 29.2. The van der Waals surface area contributed by atoms with E-state index >= 15 is 0 Å². The molecule has 0 aliphatic carbocycles. The predicted molar refractivity (Wildman–Crippen MR) is 76.3 cm³/mol. The van der Waals surface area contributed by atoms with Gasteiger partial charge in [0, 0.05) is 25.0 Å². The number of nitrogens with one attached hydrogen (secondary N) is 2. The molecule has 0 amide bonds. The van der Waals surface area contributed by atoms with Crippen molar-refractivity contribution in [3.63, 3.8) is 0 Å². The van der Waals surface area contributed by atoms with Gasteiger partial charge in [-0.1, -0.05) is 12.1 Å². The second-order valence-corrected chi connectivity index (χ2v) is 5.64. The van der Waals surface area contributed by atoms with Crippen molar-refractivity contribution in [3.05, 3.63) is 41.9 Å². The summed E-state index contributed by atoms with van der Waals surface area (Å²) < 4.78 is 0. The second-order valence-electron chi connectivity index (χ2n) is 5.64. The summed E-state index contributed by atoms with van der Waals surface area (Å²) >= 11 is 0. The summed E-state index contributed by atoms with van der Waals surface area (Å²) in [6.07, 6.45) is 4.09. The van der Waals surface area contributed by atoms with Crippen LogP contribution in [0.4, 0.5) is 0 Å². The van der Waals surface area contributed by atoms with Gasteiger partial charge in [-0.15, -0.1) is 0 Å². The SMILES string of the molecule is OC1(c2cn[nH]n2)CCN(Cc2ccc3cn[nH]c3c2)C1. The highest BCUT2D eigenvalue weighted by molar-refractivity contribution is 5.78. The minimum atomic E-state index is -0.898. The molecule has 0 radical (unpaired) electrons. The number of aromatic amines is 2. The molecule has 4 rings (SSSR count). The molecule has 108 valence electrons. The summed E-state index contributed by atoms with van der Waals surface area (Å²) in [6.45, 7) is 2.21. The van der Waals surface area contributed by atoms with E-state index < -0.39 is 5.60 Å². The topological polar surface area (TPSA) is 93.7 Å². The van der Waals surface area contributed by atoms with Gasteiger partial charge in [-0.3, -0.25) is 10.00 Å². The molecule has 0 saturated carbocycles. The van der Waals surface area contributed by atoms with Crippen LogP contribution in [0.15, 0.2) is 30.6 Å². The van der Waals surface area contributed by atoms with Crippen LogP contribution in [-0.4, -0.2) is 48.7 Å². The van der Waals surface area contributed by atoms with Crippen molar-refractivity contribution in [2.24, 2.45) is 0 Å². The van der Waals surface area contributed by atoms with Gasteiger partial charge in [0.05, 0.1) is 17.9 Å². The summed E-state index contributed by atoms with van der Waals surface area (Å²) in [5.74, 6) is 0. The second kappa shape index (κ2) is 4.64. The molecule has 1 aliphatic rings. The zero-order chi connectivity index (χ0) is 14.3. The first-order chi connectivity index (χ1) is 10.2. The number of fused-ring (bicyclic) bond motifs is 1. The quantitative estimate of drug-likeness (QED) is 0.660. The number of H-pyrrole nitrogens is 2. The van der Waals surface area contributed by atoms with E-state index in [0.717, 1.165) is 24.0 Å². The van der Waals surface area contributed by atoms with Crippen molar-refractivity contribution >= 4 is 10.9 Å². The highest BCUT2D eigenvalue weighted by atomic mass is 16.3. The van der Waals surface area contributed by atoms with E-state index in [-0.39, 0.29) is 0 Å². The van der Waals surface area contributed by atoms with Crippen LogP contribution in [0.5, 0.6) is 0 Å². The monoisotopic (exact) mass is 284 g/mol. The maximum atomic E-state index is 10.7. The number of β-amino-alcohol motifs (C(OH)–C–C–N with tert-alkyl or cyclic N) is 1. The summed E-state index contributed by atoms with van der Waals surface area (Å²) in [5.41, 5.74) is 1.97. The Bertz CT molecular complexity index is 752. The first-order valence-corrected chi connectivity index (χ1v) is 6.96. The number of likely N-dealkylation sites (tertiary alicyclic amines) is 1. The van der Waals surface area contributed by atoms with Crippen LogP contribution in [-0.2, 0) is 12.1 Å². The third-order valence-electron chi connectivity index (χ3n) is 4.13. The fourth-order valence-corrected chi connectivity index (χ4v) is 2.98. The molecule has 3 N–H and O–H groups in total. The molecule has 1 saturated heterocycles. The number of hydrogen-bond acceptors (Lipinski definition) is 5. The van der Waals surface area contributed by atoms with Gasteiger partial charge in [0.15, 0.2) is 0 Å². The summed E-state index contributed by atoms with van der Waals surface area (Å²) in [6, 6.07) is 6.27. The molecule has 1 atom stereocenters. The normalized spacial score (nSPS) is 23.1. The lowest BCUT2D eigenvalue weighted by atomic mass is 10.00. The molecule has 0 spiro atoms. The van der Waals surface area contributed by atoms with Crippen molar-refractivity contribution in [2.45, 2.75) is 18.6 Å². The molecule has 21 heavy (non-hydrogen) atoms. The third-order valence-corrected chi connectivity index (χ3v) is 4.13. The fraction of sp³-hybridized carbons (Fsp3) is 0.357. The molecular weight excluding hydrogens is 268 g/mol. The maximum absolute atomic E-state index is 10.7.